The van der Waals surface area contributed by atoms with Crippen LogP contribution in [0.3, 0.4) is 0 Å². The predicted molar refractivity (Wildman–Crippen MR) is 88.1 cm³/mol. The van der Waals surface area contributed by atoms with E-state index in [1.54, 1.807) is 18.3 Å². The van der Waals surface area contributed by atoms with E-state index >= 15 is 0 Å². The van der Waals surface area contributed by atoms with Gasteiger partial charge in [-0.2, -0.15) is 0 Å². The van der Waals surface area contributed by atoms with Crippen molar-refractivity contribution in [3.05, 3.63) is 57.6 Å². The average Bonchev–Trinajstić information content (AvgIpc) is 2.82. The lowest BCUT2D eigenvalue weighted by atomic mass is 10.1. The van der Waals surface area contributed by atoms with Crippen LogP contribution in [0.2, 0.25) is 0 Å². The minimum absolute atomic E-state index is 0.126. The van der Waals surface area contributed by atoms with Gasteiger partial charge in [0.2, 0.25) is 5.70 Å². The molecule has 4 heteroatoms. The van der Waals surface area contributed by atoms with E-state index in [-0.39, 0.29) is 5.70 Å². The van der Waals surface area contributed by atoms with E-state index < -0.39 is 4.92 Å². The molecule has 0 aromatic carbocycles. The number of allylic oxidation sites excluding steroid dienone is 3. The van der Waals surface area contributed by atoms with Gasteiger partial charge in [0, 0.05) is 30.5 Å². The molecule has 0 saturated carbocycles. The Bertz CT molecular complexity index is 469. The monoisotopic (exact) mass is 278 g/mol. The normalized spacial score (nSPS) is 10.2. The first-order chi connectivity index (χ1) is 9.56. The van der Waals surface area contributed by atoms with Crippen LogP contribution in [0, 0.1) is 17.0 Å². The van der Waals surface area contributed by atoms with Gasteiger partial charge in [-0.15, -0.1) is 0 Å². The van der Waals surface area contributed by atoms with Crippen LogP contribution in [-0.2, 0) is 0 Å². The number of nitrogens with zero attached hydrogens (tertiary/aromatic N) is 1. The second kappa shape index (κ2) is 12.0. The van der Waals surface area contributed by atoms with Crippen molar-refractivity contribution in [1.82, 2.24) is 4.98 Å². The van der Waals surface area contributed by atoms with Gasteiger partial charge in [0.05, 0.1) is 4.92 Å². The summed E-state index contributed by atoms with van der Waals surface area (Å²) in [6.45, 7) is 15.0. The fraction of sp³-hybridized carbons (Fsp3) is 0.375. The van der Waals surface area contributed by atoms with Crippen LogP contribution in [-0.4, -0.2) is 9.91 Å². The highest BCUT2D eigenvalue weighted by Gasteiger charge is 2.07. The number of aromatic amines is 1. The van der Waals surface area contributed by atoms with E-state index in [1.165, 1.54) is 6.92 Å². The lowest BCUT2D eigenvalue weighted by Crippen LogP contribution is -1.92. The number of H-pyrrole nitrogens is 1. The molecular weight excluding hydrogens is 252 g/mol. The number of hydrogen-bond donors (Lipinski definition) is 1. The van der Waals surface area contributed by atoms with Crippen LogP contribution in [0.15, 0.2) is 30.6 Å². The van der Waals surface area contributed by atoms with Crippen molar-refractivity contribution < 1.29 is 4.92 Å². The van der Waals surface area contributed by atoms with Gasteiger partial charge in [0.15, 0.2) is 0 Å². The zero-order chi connectivity index (χ0) is 16.1. The predicted octanol–water partition coefficient (Wildman–Crippen LogP) is 5.21. The second-order valence-corrected chi connectivity index (χ2v) is 3.42. The maximum absolute atomic E-state index is 10.5. The Morgan fingerprint density at radius 1 is 1.35 bits per heavy atom. The molecule has 20 heavy (non-hydrogen) atoms. The van der Waals surface area contributed by atoms with Crippen LogP contribution in [0.5, 0.6) is 0 Å². The van der Waals surface area contributed by atoms with E-state index in [2.05, 4.69) is 11.6 Å². The summed E-state index contributed by atoms with van der Waals surface area (Å²) in [6.07, 6.45) is 8.67. The van der Waals surface area contributed by atoms with Crippen LogP contribution < -0.4 is 0 Å². The molecule has 0 amide bonds. The molecule has 0 spiro atoms. The molecule has 1 heterocycles. The maximum atomic E-state index is 10.5. The molecule has 112 valence electrons. The summed E-state index contributed by atoms with van der Waals surface area (Å²) in [5.74, 6) is 0. The third-order valence-electron chi connectivity index (χ3n) is 2.27. The number of nitro groups is 1. The van der Waals surface area contributed by atoms with Gasteiger partial charge >= 0.3 is 0 Å². The molecule has 0 fully saturated rings. The molecule has 0 saturated heterocycles. The van der Waals surface area contributed by atoms with Crippen molar-refractivity contribution in [1.29, 1.82) is 0 Å². The van der Waals surface area contributed by atoms with Crippen molar-refractivity contribution in [2.24, 2.45) is 0 Å². The van der Waals surface area contributed by atoms with Crippen molar-refractivity contribution in [2.45, 2.75) is 41.5 Å². The van der Waals surface area contributed by atoms with E-state index in [0.29, 0.717) is 0 Å². The van der Waals surface area contributed by atoms with Gasteiger partial charge in [-0.1, -0.05) is 46.4 Å². The van der Waals surface area contributed by atoms with Gasteiger partial charge in [-0.25, -0.2) is 0 Å². The Morgan fingerprint density at radius 2 is 1.90 bits per heavy atom. The summed E-state index contributed by atoms with van der Waals surface area (Å²) < 4.78 is 0. The molecule has 0 radical (unpaired) electrons. The molecule has 1 aromatic rings. The Balaban J connectivity index is 0. The summed E-state index contributed by atoms with van der Waals surface area (Å²) in [5, 5.41) is 10.5. The molecule has 0 bridgehead atoms. The van der Waals surface area contributed by atoms with Crippen LogP contribution in [0.4, 0.5) is 0 Å². The van der Waals surface area contributed by atoms with Crippen molar-refractivity contribution in [3.63, 3.8) is 0 Å². The summed E-state index contributed by atoms with van der Waals surface area (Å²) >= 11 is 0. The first kappa shape index (κ1) is 20.2. The van der Waals surface area contributed by atoms with Crippen molar-refractivity contribution >= 4 is 12.2 Å². The summed E-state index contributed by atoms with van der Waals surface area (Å²) in [5.41, 5.74) is 2.88. The quantitative estimate of drug-likeness (QED) is 0.466. The lowest BCUT2D eigenvalue weighted by molar-refractivity contribution is -0.422. The largest absolute Gasteiger partial charge is 0.361 e. The van der Waals surface area contributed by atoms with Gasteiger partial charge in [0.25, 0.3) is 0 Å². The molecular formula is C16H26N2O2. The van der Waals surface area contributed by atoms with Crippen molar-refractivity contribution in [3.8, 4) is 0 Å². The van der Waals surface area contributed by atoms with E-state index in [4.69, 9.17) is 0 Å². The standard InChI is InChI=1S/C12H14N2O2.2C2H6/c1-4-5-6-12-10(3)11(8-13-12)7-9(2)14(15)16;2*1-2/h4-8,13H,1H2,2-3H3;2*1-2H3/b6-5-,9-7-;;. The fourth-order valence-corrected chi connectivity index (χ4v) is 1.29. The van der Waals surface area contributed by atoms with E-state index in [9.17, 15) is 10.1 Å². The van der Waals surface area contributed by atoms with Gasteiger partial charge in [-0.3, -0.25) is 10.1 Å². The highest BCUT2D eigenvalue weighted by Crippen LogP contribution is 2.17. The Labute approximate surface area is 122 Å². The molecule has 0 aliphatic heterocycles. The van der Waals surface area contributed by atoms with E-state index in [0.717, 1.165) is 16.8 Å². The minimum Gasteiger partial charge on any atom is -0.361 e. The SMILES string of the molecule is C=C/C=C\c1[nH]cc(/C=C(/C)[N+](=O)[O-])c1C.CC.CC. The minimum atomic E-state index is -0.397. The number of aromatic nitrogens is 1. The molecule has 0 unspecified atom stereocenters. The summed E-state index contributed by atoms with van der Waals surface area (Å²) in [7, 11) is 0. The van der Waals surface area contributed by atoms with Crippen molar-refractivity contribution in [2.75, 3.05) is 0 Å². The summed E-state index contributed by atoms with van der Waals surface area (Å²) in [6, 6.07) is 0. The zero-order valence-corrected chi connectivity index (χ0v) is 13.4. The maximum Gasteiger partial charge on any atom is 0.243 e. The van der Waals surface area contributed by atoms with Crippen LogP contribution in [0.1, 0.15) is 51.4 Å². The molecule has 0 aliphatic carbocycles. The summed E-state index contributed by atoms with van der Waals surface area (Å²) in [4.78, 5) is 13.1. The topological polar surface area (TPSA) is 58.9 Å². The number of hydrogen-bond acceptors (Lipinski definition) is 2. The molecule has 1 aromatic heterocycles. The smallest absolute Gasteiger partial charge is 0.243 e. The first-order valence-electron chi connectivity index (χ1n) is 6.86. The fourth-order valence-electron chi connectivity index (χ4n) is 1.29. The third-order valence-corrected chi connectivity index (χ3v) is 2.27. The third kappa shape index (κ3) is 6.73. The Kier molecular flexibility index (Phi) is 12.1. The van der Waals surface area contributed by atoms with Gasteiger partial charge < -0.3 is 4.98 Å². The van der Waals surface area contributed by atoms with E-state index in [1.807, 2.05) is 46.8 Å². The van der Waals surface area contributed by atoms with Crippen LogP contribution in [0.25, 0.3) is 12.2 Å². The Hall–Kier alpha value is -2.10. The number of nitrogens with one attached hydrogen (secondary N) is 1. The molecule has 1 rings (SSSR count). The highest BCUT2D eigenvalue weighted by molar-refractivity contribution is 5.62. The van der Waals surface area contributed by atoms with Gasteiger partial charge in [-0.05, 0) is 18.6 Å². The number of rotatable bonds is 4. The average molecular weight is 278 g/mol. The lowest BCUT2D eigenvalue weighted by Gasteiger charge is -1.93. The molecule has 4 nitrogen and oxygen atoms in total. The highest BCUT2D eigenvalue weighted by atomic mass is 16.6. The molecule has 1 N–H and O–H groups in total. The Morgan fingerprint density at radius 3 is 2.35 bits per heavy atom. The molecule has 0 atom stereocenters. The second-order valence-electron chi connectivity index (χ2n) is 3.42. The molecule has 0 aliphatic rings. The zero-order valence-electron chi connectivity index (χ0n) is 13.4. The first-order valence-corrected chi connectivity index (χ1v) is 6.86. The van der Waals surface area contributed by atoms with Gasteiger partial charge in [0.1, 0.15) is 0 Å². The van der Waals surface area contributed by atoms with Crippen LogP contribution >= 0.6 is 0 Å².